The third-order valence-electron chi connectivity index (χ3n) is 6.30. The summed E-state index contributed by atoms with van der Waals surface area (Å²) in [6.07, 6.45) is 1.59. The first kappa shape index (κ1) is 22.5. The molecule has 3 aromatic rings. The third kappa shape index (κ3) is 4.66. The third-order valence-corrected chi connectivity index (χ3v) is 6.55. The van der Waals surface area contributed by atoms with Crippen LogP contribution in [0.2, 0.25) is 5.02 Å². The molecule has 2 aromatic carbocycles. The summed E-state index contributed by atoms with van der Waals surface area (Å²) in [5.74, 6) is 3.03. The monoisotopic (exact) mass is 478 g/mol. The molecule has 1 amide bonds. The van der Waals surface area contributed by atoms with Gasteiger partial charge >= 0.3 is 0 Å². The number of hydrogen-bond donors (Lipinski definition) is 0. The Morgan fingerprint density at radius 1 is 0.971 bits per heavy atom. The lowest BCUT2D eigenvalue weighted by Crippen LogP contribution is -2.35. The van der Waals surface area contributed by atoms with Crippen LogP contribution >= 0.6 is 11.6 Å². The molecule has 0 aliphatic carbocycles. The van der Waals surface area contributed by atoms with Crippen LogP contribution in [0.3, 0.4) is 0 Å². The summed E-state index contributed by atoms with van der Waals surface area (Å²) < 4.78 is 10.8. The van der Waals surface area contributed by atoms with Crippen molar-refractivity contribution in [2.45, 2.75) is 26.7 Å². The molecule has 34 heavy (non-hydrogen) atoms. The summed E-state index contributed by atoms with van der Waals surface area (Å²) in [4.78, 5) is 26.9. The number of halogens is 1. The highest BCUT2D eigenvalue weighted by Gasteiger charge is 2.25. The highest BCUT2D eigenvalue weighted by atomic mass is 35.5. The largest absolute Gasteiger partial charge is 0.454 e. The number of carbonyl (C=O) groups excluding carboxylic acids is 1. The average Bonchev–Trinajstić information content (AvgIpc) is 3.16. The predicted octanol–water partition coefficient (Wildman–Crippen LogP) is 4.42. The van der Waals surface area contributed by atoms with Gasteiger partial charge in [-0.25, -0.2) is 9.97 Å². The van der Waals surface area contributed by atoms with Crippen LogP contribution in [-0.4, -0.2) is 53.7 Å². The van der Waals surface area contributed by atoms with Gasteiger partial charge in [-0.1, -0.05) is 23.7 Å². The maximum atomic E-state index is 13.2. The minimum atomic E-state index is 0.0107. The first-order valence-electron chi connectivity index (χ1n) is 11.5. The maximum absolute atomic E-state index is 13.2. The summed E-state index contributed by atoms with van der Waals surface area (Å²) in [6, 6.07) is 13.3. The number of rotatable bonds is 4. The molecule has 0 radical (unpaired) electrons. The molecule has 2 aliphatic rings. The Balaban J connectivity index is 1.35. The van der Waals surface area contributed by atoms with Crippen molar-refractivity contribution in [3.05, 3.63) is 75.7 Å². The van der Waals surface area contributed by atoms with Gasteiger partial charge < -0.3 is 19.3 Å². The topological polar surface area (TPSA) is 67.8 Å². The fourth-order valence-electron chi connectivity index (χ4n) is 4.54. The normalized spacial score (nSPS) is 15.4. The zero-order chi connectivity index (χ0) is 23.7. The Bertz CT molecular complexity index is 1220. The van der Waals surface area contributed by atoms with Crippen LogP contribution in [0.25, 0.3) is 0 Å². The van der Waals surface area contributed by atoms with E-state index < -0.39 is 0 Å². The number of fused-ring (bicyclic) bond motifs is 1. The SMILES string of the molecule is Cc1nc(C)c(Cc2ccc(Cl)cc2)c(N2CCCN(C(=O)c3ccc4c(c3)OCO4)CC2)n1. The second-order valence-electron chi connectivity index (χ2n) is 8.66. The van der Waals surface area contributed by atoms with E-state index in [0.29, 0.717) is 36.7 Å². The molecule has 0 unspecified atom stereocenters. The molecule has 8 heteroatoms. The number of carbonyl (C=O) groups is 1. The van der Waals surface area contributed by atoms with Gasteiger partial charge in [-0.3, -0.25) is 4.79 Å². The summed E-state index contributed by atoms with van der Waals surface area (Å²) in [7, 11) is 0. The van der Waals surface area contributed by atoms with Crippen molar-refractivity contribution < 1.29 is 14.3 Å². The van der Waals surface area contributed by atoms with Crippen LogP contribution in [0, 0.1) is 13.8 Å². The Morgan fingerprint density at radius 3 is 2.59 bits per heavy atom. The van der Waals surface area contributed by atoms with Gasteiger partial charge in [0.25, 0.3) is 5.91 Å². The minimum absolute atomic E-state index is 0.0107. The van der Waals surface area contributed by atoms with E-state index in [0.717, 1.165) is 52.9 Å². The molecular weight excluding hydrogens is 452 g/mol. The van der Waals surface area contributed by atoms with Crippen molar-refractivity contribution in [3.8, 4) is 11.5 Å². The van der Waals surface area contributed by atoms with Gasteiger partial charge in [-0.15, -0.1) is 0 Å². The van der Waals surface area contributed by atoms with E-state index >= 15 is 0 Å². The summed E-state index contributed by atoms with van der Waals surface area (Å²) in [6.45, 7) is 7.01. The lowest BCUT2D eigenvalue weighted by atomic mass is 10.0. The van der Waals surface area contributed by atoms with Gasteiger partial charge in [0.05, 0.1) is 0 Å². The molecule has 2 aliphatic heterocycles. The number of nitrogens with zero attached hydrogens (tertiary/aromatic N) is 4. The fraction of sp³-hybridized carbons (Fsp3) is 0.346. The number of aryl methyl sites for hydroxylation is 2. The highest BCUT2D eigenvalue weighted by molar-refractivity contribution is 6.30. The predicted molar refractivity (Wildman–Crippen MR) is 131 cm³/mol. The van der Waals surface area contributed by atoms with E-state index in [2.05, 4.69) is 9.88 Å². The molecule has 0 saturated carbocycles. The van der Waals surface area contributed by atoms with E-state index in [-0.39, 0.29) is 12.7 Å². The number of anilines is 1. The van der Waals surface area contributed by atoms with Crippen LogP contribution in [-0.2, 0) is 6.42 Å². The molecule has 0 spiro atoms. The van der Waals surface area contributed by atoms with Crippen LogP contribution in [0.15, 0.2) is 42.5 Å². The van der Waals surface area contributed by atoms with Crippen molar-refractivity contribution in [2.24, 2.45) is 0 Å². The van der Waals surface area contributed by atoms with Gasteiger partial charge in [0.1, 0.15) is 11.6 Å². The molecule has 3 heterocycles. The quantitative estimate of drug-likeness (QED) is 0.553. The fourth-order valence-corrected chi connectivity index (χ4v) is 4.66. The average molecular weight is 479 g/mol. The van der Waals surface area contributed by atoms with E-state index in [4.69, 9.17) is 26.1 Å². The molecule has 1 fully saturated rings. The number of amides is 1. The van der Waals surface area contributed by atoms with Crippen molar-refractivity contribution in [3.63, 3.8) is 0 Å². The summed E-state index contributed by atoms with van der Waals surface area (Å²) in [5, 5.41) is 0.723. The molecule has 0 bridgehead atoms. The van der Waals surface area contributed by atoms with Crippen LogP contribution in [0.4, 0.5) is 5.82 Å². The van der Waals surface area contributed by atoms with E-state index in [1.807, 2.05) is 43.0 Å². The zero-order valence-electron chi connectivity index (χ0n) is 19.4. The smallest absolute Gasteiger partial charge is 0.254 e. The first-order chi connectivity index (χ1) is 16.5. The summed E-state index contributed by atoms with van der Waals surface area (Å²) >= 11 is 6.07. The maximum Gasteiger partial charge on any atom is 0.254 e. The van der Waals surface area contributed by atoms with Gasteiger partial charge in [0, 0.05) is 54.4 Å². The standard InChI is InChI=1S/C26H27ClN4O3/c1-17-22(14-19-4-7-21(27)8-5-19)25(29-18(2)28-17)30-10-3-11-31(13-12-30)26(32)20-6-9-23-24(15-20)34-16-33-23/h4-9,15H,3,10-14,16H2,1-2H3. The number of ether oxygens (including phenoxy) is 2. The molecule has 1 aromatic heterocycles. The van der Waals surface area contributed by atoms with Crippen molar-refractivity contribution in [1.29, 1.82) is 0 Å². The van der Waals surface area contributed by atoms with Crippen LogP contribution in [0.5, 0.6) is 11.5 Å². The van der Waals surface area contributed by atoms with Crippen molar-refractivity contribution in [1.82, 2.24) is 14.9 Å². The molecule has 0 N–H and O–H groups in total. The molecule has 5 rings (SSSR count). The van der Waals surface area contributed by atoms with Crippen LogP contribution < -0.4 is 14.4 Å². The molecule has 7 nitrogen and oxygen atoms in total. The number of hydrogen-bond acceptors (Lipinski definition) is 6. The Kier molecular flexibility index (Phi) is 6.28. The molecule has 1 saturated heterocycles. The lowest BCUT2D eigenvalue weighted by Gasteiger charge is -2.26. The van der Waals surface area contributed by atoms with Gasteiger partial charge in [-0.05, 0) is 56.2 Å². The minimum Gasteiger partial charge on any atom is -0.454 e. The number of aromatic nitrogens is 2. The van der Waals surface area contributed by atoms with E-state index in [1.54, 1.807) is 18.2 Å². The van der Waals surface area contributed by atoms with Gasteiger partial charge in [0.15, 0.2) is 11.5 Å². The van der Waals surface area contributed by atoms with E-state index in [1.165, 1.54) is 0 Å². The van der Waals surface area contributed by atoms with E-state index in [9.17, 15) is 4.79 Å². The van der Waals surface area contributed by atoms with Gasteiger partial charge in [-0.2, -0.15) is 0 Å². The van der Waals surface area contributed by atoms with Crippen LogP contribution in [0.1, 0.15) is 39.4 Å². The zero-order valence-corrected chi connectivity index (χ0v) is 20.1. The summed E-state index contributed by atoms with van der Waals surface area (Å²) in [5.41, 5.74) is 3.88. The highest BCUT2D eigenvalue weighted by Crippen LogP contribution is 2.33. The van der Waals surface area contributed by atoms with Crippen molar-refractivity contribution >= 4 is 23.3 Å². The lowest BCUT2D eigenvalue weighted by molar-refractivity contribution is 0.0766. The van der Waals surface area contributed by atoms with Crippen molar-refractivity contribution in [2.75, 3.05) is 37.9 Å². The molecular formula is C26H27ClN4O3. The Labute approximate surface area is 204 Å². The van der Waals surface area contributed by atoms with Gasteiger partial charge in [0.2, 0.25) is 6.79 Å². The molecule has 0 atom stereocenters. The Hall–Kier alpha value is -3.32. The second-order valence-corrected chi connectivity index (χ2v) is 9.10. The molecule has 176 valence electrons. The Morgan fingerprint density at radius 2 is 1.76 bits per heavy atom. The number of benzene rings is 2. The first-order valence-corrected chi connectivity index (χ1v) is 11.9. The second kappa shape index (κ2) is 9.50.